The Labute approximate surface area is 139 Å². The molecule has 0 aliphatic heterocycles. The third-order valence-corrected chi connectivity index (χ3v) is 4.89. The van der Waals surface area contributed by atoms with Crippen molar-refractivity contribution in [1.82, 2.24) is 4.98 Å². The van der Waals surface area contributed by atoms with Crippen LogP contribution in [-0.4, -0.2) is 10.1 Å². The fraction of sp³-hybridized carbons (Fsp3) is 0. The van der Waals surface area contributed by atoms with Gasteiger partial charge in [-0.3, -0.25) is 0 Å². The second-order valence-corrected chi connectivity index (χ2v) is 6.46. The molecule has 3 rings (SSSR count). The van der Waals surface area contributed by atoms with Crippen molar-refractivity contribution in [3.05, 3.63) is 58.7 Å². The van der Waals surface area contributed by atoms with E-state index in [0.717, 1.165) is 21.3 Å². The van der Waals surface area contributed by atoms with Crippen LogP contribution in [0.3, 0.4) is 0 Å². The minimum Gasteiger partial charge on any atom is -0.506 e. The Morgan fingerprint density at radius 1 is 1.18 bits per heavy atom. The van der Waals surface area contributed by atoms with Crippen molar-refractivity contribution in [3.8, 4) is 16.3 Å². The standard InChI is InChI=1S/C15H10ClFN2OS2/c16-12-7-11(5-6-13(12)20)19-22-14-8-21-15(18-14)9-1-3-10(17)4-2-9/h1-8,19-20H. The van der Waals surface area contributed by atoms with Crippen LogP contribution in [0.15, 0.2) is 52.9 Å². The minimum absolute atomic E-state index is 0.0458. The zero-order chi connectivity index (χ0) is 15.5. The fourth-order valence-corrected chi connectivity index (χ4v) is 3.46. The van der Waals surface area contributed by atoms with E-state index in [9.17, 15) is 9.50 Å². The van der Waals surface area contributed by atoms with E-state index in [4.69, 9.17) is 11.6 Å². The lowest BCUT2D eigenvalue weighted by Gasteiger charge is -2.04. The number of phenols is 1. The van der Waals surface area contributed by atoms with Crippen molar-refractivity contribution < 1.29 is 9.50 Å². The molecule has 0 aliphatic rings. The molecule has 2 aromatic carbocycles. The zero-order valence-corrected chi connectivity index (χ0v) is 13.5. The first-order valence-corrected chi connectivity index (χ1v) is 8.32. The summed E-state index contributed by atoms with van der Waals surface area (Å²) in [4.78, 5) is 4.48. The van der Waals surface area contributed by atoms with Crippen molar-refractivity contribution in [2.75, 3.05) is 4.72 Å². The van der Waals surface area contributed by atoms with E-state index in [-0.39, 0.29) is 16.6 Å². The molecular formula is C15H10ClFN2OS2. The van der Waals surface area contributed by atoms with E-state index >= 15 is 0 Å². The van der Waals surface area contributed by atoms with E-state index in [0.29, 0.717) is 0 Å². The van der Waals surface area contributed by atoms with Crippen molar-refractivity contribution in [2.45, 2.75) is 5.03 Å². The number of hydrogen-bond acceptors (Lipinski definition) is 5. The summed E-state index contributed by atoms with van der Waals surface area (Å²) in [6.45, 7) is 0. The summed E-state index contributed by atoms with van der Waals surface area (Å²) in [7, 11) is 0. The first kappa shape index (κ1) is 15.1. The number of phenolic OH excluding ortho intramolecular Hbond substituents is 1. The molecule has 0 bridgehead atoms. The Morgan fingerprint density at radius 3 is 2.68 bits per heavy atom. The van der Waals surface area contributed by atoms with E-state index < -0.39 is 0 Å². The van der Waals surface area contributed by atoms with E-state index in [1.54, 1.807) is 24.3 Å². The summed E-state index contributed by atoms with van der Waals surface area (Å²) in [5.74, 6) is -0.217. The molecule has 2 N–H and O–H groups in total. The Bertz CT molecular complexity index is 792. The number of thiazole rings is 1. The number of rotatable bonds is 4. The van der Waals surface area contributed by atoms with Gasteiger partial charge in [0.05, 0.1) is 5.02 Å². The molecule has 22 heavy (non-hydrogen) atoms. The van der Waals surface area contributed by atoms with Crippen LogP contribution in [-0.2, 0) is 0 Å². The zero-order valence-electron chi connectivity index (χ0n) is 11.1. The summed E-state index contributed by atoms with van der Waals surface area (Å²) in [6.07, 6.45) is 0. The van der Waals surface area contributed by atoms with Crippen molar-refractivity contribution in [2.24, 2.45) is 0 Å². The SMILES string of the molecule is Oc1ccc(NSc2csc(-c3ccc(F)cc3)n2)cc1Cl. The van der Waals surface area contributed by atoms with Crippen LogP contribution in [0.1, 0.15) is 0 Å². The van der Waals surface area contributed by atoms with Gasteiger partial charge in [-0.15, -0.1) is 11.3 Å². The second-order valence-electron chi connectivity index (χ2n) is 4.37. The van der Waals surface area contributed by atoms with Gasteiger partial charge in [0.25, 0.3) is 0 Å². The lowest BCUT2D eigenvalue weighted by molar-refractivity contribution is 0.475. The molecule has 1 heterocycles. The molecule has 0 aliphatic carbocycles. The molecule has 112 valence electrons. The summed E-state index contributed by atoms with van der Waals surface area (Å²) in [6, 6.07) is 11.1. The summed E-state index contributed by atoms with van der Waals surface area (Å²) in [5, 5.41) is 13.2. The number of nitrogens with one attached hydrogen (secondary N) is 1. The number of benzene rings is 2. The van der Waals surface area contributed by atoms with Gasteiger partial charge >= 0.3 is 0 Å². The molecule has 0 atom stereocenters. The lowest BCUT2D eigenvalue weighted by atomic mass is 10.2. The Morgan fingerprint density at radius 2 is 1.95 bits per heavy atom. The van der Waals surface area contributed by atoms with E-state index in [1.807, 2.05) is 5.38 Å². The van der Waals surface area contributed by atoms with Crippen LogP contribution >= 0.6 is 34.9 Å². The molecule has 0 amide bonds. The maximum absolute atomic E-state index is 12.9. The topological polar surface area (TPSA) is 45.1 Å². The van der Waals surface area contributed by atoms with Crippen LogP contribution in [0, 0.1) is 5.82 Å². The average Bonchev–Trinajstić information content (AvgIpc) is 2.98. The van der Waals surface area contributed by atoms with Gasteiger partial charge in [0.2, 0.25) is 0 Å². The van der Waals surface area contributed by atoms with Gasteiger partial charge in [-0.25, -0.2) is 9.37 Å². The number of nitrogens with zero attached hydrogens (tertiary/aromatic N) is 1. The van der Waals surface area contributed by atoms with Crippen LogP contribution in [0.4, 0.5) is 10.1 Å². The smallest absolute Gasteiger partial charge is 0.134 e. The van der Waals surface area contributed by atoms with Gasteiger partial charge in [0.1, 0.15) is 21.6 Å². The molecule has 0 fully saturated rings. The summed E-state index contributed by atoms with van der Waals surface area (Å²) >= 11 is 8.68. The monoisotopic (exact) mass is 352 g/mol. The maximum atomic E-state index is 12.9. The van der Waals surface area contributed by atoms with Crippen molar-refractivity contribution >= 4 is 40.6 Å². The van der Waals surface area contributed by atoms with Gasteiger partial charge in [0, 0.05) is 28.6 Å². The second kappa shape index (κ2) is 6.56. The highest BCUT2D eigenvalue weighted by Crippen LogP contribution is 2.31. The molecule has 3 aromatic rings. The van der Waals surface area contributed by atoms with Crippen molar-refractivity contribution in [3.63, 3.8) is 0 Å². The molecule has 0 unspecified atom stereocenters. The molecule has 1 aromatic heterocycles. The Hall–Kier alpha value is -1.76. The van der Waals surface area contributed by atoms with Gasteiger partial charge < -0.3 is 9.83 Å². The number of hydrogen-bond donors (Lipinski definition) is 2. The predicted molar refractivity (Wildman–Crippen MR) is 90.1 cm³/mol. The Balaban J connectivity index is 1.69. The third-order valence-electron chi connectivity index (χ3n) is 2.80. The normalized spacial score (nSPS) is 10.6. The largest absolute Gasteiger partial charge is 0.506 e. The maximum Gasteiger partial charge on any atom is 0.134 e. The average molecular weight is 353 g/mol. The highest BCUT2D eigenvalue weighted by atomic mass is 35.5. The molecule has 0 saturated heterocycles. The van der Waals surface area contributed by atoms with Crippen LogP contribution in [0.5, 0.6) is 5.75 Å². The summed E-state index contributed by atoms with van der Waals surface area (Å²) < 4.78 is 16.0. The van der Waals surface area contributed by atoms with Gasteiger partial charge in [-0.05, 0) is 42.5 Å². The number of halogens is 2. The van der Waals surface area contributed by atoms with Gasteiger partial charge in [-0.2, -0.15) is 0 Å². The number of aromatic hydroxyl groups is 1. The van der Waals surface area contributed by atoms with Gasteiger partial charge in [-0.1, -0.05) is 11.6 Å². The molecular weight excluding hydrogens is 343 g/mol. The van der Waals surface area contributed by atoms with Crippen LogP contribution in [0.2, 0.25) is 5.02 Å². The van der Waals surface area contributed by atoms with Gasteiger partial charge in [0.15, 0.2) is 0 Å². The molecule has 0 spiro atoms. The molecule has 3 nitrogen and oxygen atoms in total. The first-order valence-electron chi connectivity index (χ1n) is 6.24. The third kappa shape index (κ3) is 3.52. The molecule has 7 heteroatoms. The quantitative estimate of drug-likeness (QED) is 0.485. The van der Waals surface area contributed by atoms with Crippen molar-refractivity contribution in [1.29, 1.82) is 0 Å². The highest BCUT2D eigenvalue weighted by molar-refractivity contribution is 8.00. The number of aromatic nitrogens is 1. The summed E-state index contributed by atoms with van der Waals surface area (Å²) in [5.41, 5.74) is 1.65. The first-order chi connectivity index (χ1) is 10.6. The lowest BCUT2D eigenvalue weighted by Crippen LogP contribution is -1.87. The fourth-order valence-electron chi connectivity index (χ4n) is 1.71. The van der Waals surface area contributed by atoms with Crippen LogP contribution < -0.4 is 4.72 Å². The Kier molecular flexibility index (Phi) is 4.52. The highest BCUT2D eigenvalue weighted by Gasteiger charge is 2.06. The van der Waals surface area contributed by atoms with Crippen LogP contribution in [0.25, 0.3) is 10.6 Å². The predicted octanol–water partition coefficient (Wildman–Crippen LogP) is 5.43. The van der Waals surface area contributed by atoms with E-state index in [2.05, 4.69) is 9.71 Å². The minimum atomic E-state index is -0.263. The number of anilines is 1. The molecule has 0 radical (unpaired) electrons. The van der Waals surface area contributed by atoms with E-state index in [1.165, 1.54) is 41.5 Å². The molecule has 0 saturated carbocycles.